The third-order valence-corrected chi connectivity index (χ3v) is 13.5. The maximum Gasteiger partial charge on any atom is 0.137 e. The summed E-state index contributed by atoms with van der Waals surface area (Å²) in [7, 11) is 0. The Labute approximate surface area is 395 Å². The van der Waals surface area contributed by atoms with Gasteiger partial charge in [-0.3, -0.25) is 4.57 Å². The van der Waals surface area contributed by atoms with Crippen LogP contribution in [-0.2, 0) is 0 Å². The van der Waals surface area contributed by atoms with Crippen LogP contribution in [-0.4, -0.2) is 16.2 Å². The number of aryl methyl sites for hydroxylation is 1. The molecule has 1 aliphatic heterocycles. The van der Waals surface area contributed by atoms with Crippen molar-refractivity contribution in [2.75, 3.05) is 16.5 Å². The lowest BCUT2D eigenvalue weighted by atomic mass is 9.85. The molecular formula is C61H59FN4O. The third-order valence-electron chi connectivity index (χ3n) is 13.5. The second-order valence-electron chi connectivity index (χ2n) is 19.4. The molecule has 336 valence electrons. The highest BCUT2D eigenvalue weighted by Crippen LogP contribution is 2.51. The number of benzene rings is 7. The first-order valence-corrected chi connectivity index (χ1v) is 23.9. The number of pyridine rings is 1. The van der Waals surface area contributed by atoms with Gasteiger partial charge in [0.05, 0.1) is 22.4 Å². The van der Waals surface area contributed by atoms with Gasteiger partial charge in [0.1, 0.15) is 29.8 Å². The van der Waals surface area contributed by atoms with E-state index in [4.69, 9.17) is 9.72 Å². The summed E-state index contributed by atoms with van der Waals surface area (Å²) < 4.78 is 24.7. The van der Waals surface area contributed by atoms with Crippen LogP contribution in [0.1, 0.15) is 107 Å². The maximum absolute atomic E-state index is 15.4. The van der Waals surface area contributed by atoms with Crippen molar-refractivity contribution < 1.29 is 9.13 Å². The van der Waals surface area contributed by atoms with E-state index in [2.05, 4.69) is 192 Å². The number of hydrogen-bond donors (Lipinski definition) is 0. The van der Waals surface area contributed by atoms with Crippen molar-refractivity contribution in [2.45, 2.75) is 86.0 Å². The van der Waals surface area contributed by atoms with Crippen LogP contribution in [0.2, 0.25) is 0 Å². The normalized spacial score (nSPS) is 12.7. The molecule has 0 radical (unpaired) electrons. The Kier molecular flexibility index (Phi) is 11.5. The van der Waals surface area contributed by atoms with E-state index in [0.717, 1.165) is 61.9 Å². The van der Waals surface area contributed by atoms with Gasteiger partial charge in [-0.2, -0.15) is 0 Å². The lowest BCUT2D eigenvalue weighted by molar-refractivity contribution is 0.483. The highest BCUT2D eigenvalue weighted by Gasteiger charge is 2.33. The lowest BCUT2D eigenvalue weighted by Gasteiger charge is -2.30. The molecule has 0 aliphatic carbocycles. The molecule has 0 bridgehead atoms. The minimum atomic E-state index is -0.208. The predicted octanol–water partition coefficient (Wildman–Crippen LogP) is 17.5. The van der Waals surface area contributed by atoms with E-state index >= 15 is 4.39 Å². The Balaban J connectivity index is 1.15. The van der Waals surface area contributed by atoms with E-state index in [0.29, 0.717) is 24.1 Å². The number of para-hydroxylation sites is 3. The first-order valence-electron chi connectivity index (χ1n) is 23.9. The predicted molar refractivity (Wildman–Crippen MR) is 279 cm³/mol. The van der Waals surface area contributed by atoms with E-state index in [1.54, 1.807) is 12.1 Å². The minimum Gasteiger partial charge on any atom is -0.457 e. The van der Waals surface area contributed by atoms with E-state index in [1.165, 1.54) is 44.5 Å². The summed E-state index contributed by atoms with van der Waals surface area (Å²) >= 11 is 0. The van der Waals surface area contributed by atoms with Crippen LogP contribution in [0.5, 0.6) is 11.5 Å². The summed E-state index contributed by atoms with van der Waals surface area (Å²) in [5, 5.41) is 2.31. The molecule has 0 saturated heterocycles. The Hall–Kier alpha value is -7.18. The first-order chi connectivity index (χ1) is 32.4. The van der Waals surface area contributed by atoms with Crippen LogP contribution in [0.25, 0.3) is 49.9 Å². The van der Waals surface area contributed by atoms with Crippen molar-refractivity contribution in [2.24, 2.45) is 0 Å². The zero-order valence-corrected chi connectivity index (χ0v) is 40.1. The van der Waals surface area contributed by atoms with Crippen molar-refractivity contribution in [3.05, 3.63) is 191 Å². The molecule has 2 aromatic heterocycles. The number of hydrogen-bond acceptors (Lipinski definition) is 4. The van der Waals surface area contributed by atoms with Crippen molar-refractivity contribution in [1.82, 2.24) is 9.55 Å². The van der Waals surface area contributed by atoms with E-state index in [9.17, 15) is 0 Å². The van der Waals surface area contributed by atoms with Crippen LogP contribution < -0.4 is 14.5 Å². The third kappa shape index (κ3) is 7.92. The van der Waals surface area contributed by atoms with Crippen LogP contribution >= 0.6 is 0 Å². The summed E-state index contributed by atoms with van der Waals surface area (Å²) in [5.74, 6) is 3.23. The van der Waals surface area contributed by atoms with E-state index in [1.807, 2.05) is 30.5 Å². The summed E-state index contributed by atoms with van der Waals surface area (Å²) in [6.45, 7) is 20.9. The van der Waals surface area contributed by atoms with E-state index < -0.39 is 0 Å². The van der Waals surface area contributed by atoms with Gasteiger partial charge in [0.25, 0.3) is 0 Å². The van der Waals surface area contributed by atoms with Gasteiger partial charge in [0.15, 0.2) is 0 Å². The summed E-state index contributed by atoms with van der Waals surface area (Å²) in [6.07, 6.45) is 1.84. The molecule has 3 heterocycles. The molecule has 0 saturated carbocycles. The average Bonchev–Trinajstić information content (AvgIpc) is 3.87. The van der Waals surface area contributed by atoms with Crippen molar-refractivity contribution in [3.63, 3.8) is 0 Å². The number of halogens is 1. The van der Waals surface area contributed by atoms with Gasteiger partial charge in [-0.25, -0.2) is 9.37 Å². The number of rotatable bonds is 11. The monoisotopic (exact) mass is 882 g/mol. The standard InChI is InChI=1S/C61H59FN4O/c1-37(2)42-28-41(9)60(51(31-42)38(3)4)44-29-45(34-47(30-44)67-46-25-26-50-49-19-11-13-21-55(49)66(58(50)35-46)59-24-16-17-27-63-59)64-36-65(57-23-15-14-22-56(57)64)61-52(39(5)6)32-43(33-53(61)40(7)8)48-18-10-12-20-54(48)62/h10-35,37-40H,36H2,1-9H3. The lowest BCUT2D eigenvalue weighted by Crippen LogP contribution is -2.26. The fourth-order valence-corrected chi connectivity index (χ4v) is 10.2. The molecule has 1 aliphatic rings. The summed E-state index contributed by atoms with van der Waals surface area (Å²) in [6, 6.07) is 52.8. The molecule has 0 N–H and O–H groups in total. The highest BCUT2D eigenvalue weighted by atomic mass is 19.1. The van der Waals surface area contributed by atoms with Gasteiger partial charge in [-0.1, -0.05) is 122 Å². The van der Waals surface area contributed by atoms with Gasteiger partial charge < -0.3 is 14.5 Å². The van der Waals surface area contributed by atoms with Crippen molar-refractivity contribution >= 4 is 44.6 Å². The fraction of sp³-hybridized carbons (Fsp3) is 0.230. The van der Waals surface area contributed by atoms with Gasteiger partial charge >= 0.3 is 0 Å². The molecule has 67 heavy (non-hydrogen) atoms. The Morgan fingerprint density at radius 3 is 1.88 bits per heavy atom. The summed E-state index contributed by atoms with van der Waals surface area (Å²) in [4.78, 5) is 9.69. The molecule has 6 heteroatoms. The molecule has 0 fully saturated rings. The number of anilines is 4. The number of aromatic nitrogens is 2. The average molecular weight is 883 g/mol. The molecule has 5 nitrogen and oxygen atoms in total. The molecular weight excluding hydrogens is 824 g/mol. The topological polar surface area (TPSA) is 33.5 Å². The smallest absolute Gasteiger partial charge is 0.137 e. The van der Waals surface area contributed by atoms with Gasteiger partial charge in [-0.05, 0) is 148 Å². The number of ether oxygens (including phenoxy) is 1. The van der Waals surface area contributed by atoms with Crippen LogP contribution in [0.4, 0.5) is 27.1 Å². The second kappa shape index (κ2) is 17.6. The van der Waals surface area contributed by atoms with Crippen LogP contribution in [0.3, 0.4) is 0 Å². The number of nitrogens with zero attached hydrogens (tertiary/aromatic N) is 4. The van der Waals surface area contributed by atoms with Gasteiger partial charge in [-0.15, -0.1) is 0 Å². The molecule has 0 atom stereocenters. The zero-order chi connectivity index (χ0) is 46.7. The van der Waals surface area contributed by atoms with Gasteiger partial charge in [0.2, 0.25) is 0 Å². The van der Waals surface area contributed by atoms with Crippen LogP contribution in [0.15, 0.2) is 158 Å². The molecule has 0 spiro atoms. The number of fused-ring (bicyclic) bond motifs is 4. The SMILES string of the molecule is Cc1cc(C(C)C)cc(C(C)C)c1-c1cc(Oc2ccc3c4ccccc4n(-c4ccccn4)c3c2)cc(N2CN(c3c(C(C)C)cc(-c4ccccc4F)cc3C(C)C)c3ccccc32)c1. The maximum atomic E-state index is 15.4. The molecule has 10 rings (SSSR count). The highest BCUT2D eigenvalue weighted by molar-refractivity contribution is 6.09. The molecule has 7 aromatic carbocycles. The fourth-order valence-electron chi connectivity index (χ4n) is 10.2. The zero-order valence-electron chi connectivity index (χ0n) is 40.1. The van der Waals surface area contributed by atoms with Crippen molar-refractivity contribution in [3.8, 4) is 39.6 Å². The Morgan fingerprint density at radius 1 is 0.537 bits per heavy atom. The minimum absolute atomic E-state index is 0.184. The second-order valence-corrected chi connectivity index (χ2v) is 19.4. The van der Waals surface area contributed by atoms with E-state index in [-0.39, 0.29) is 17.7 Å². The molecule has 9 aromatic rings. The first kappa shape index (κ1) is 43.7. The largest absolute Gasteiger partial charge is 0.457 e. The Bertz CT molecular complexity index is 3280. The van der Waals surface area contributed by atoms with Gasteiger partial charge in [0, 0.05) is 46.0 Å². The van der Waals surface area contributed by atoms with Crippen LogP contribution in [0, 0.1) is 12.7 Å². The quantitative estimate of drug-likeness (QED) is 0.130. The summed E-state index contributed by atoms with van der Waals surface area (Å²) in [5.41, 5.74) is 16.8. The molecule has 0 amide bonds. The molecule has 0 unspecified atom stereocenters. The Morgan fingerprint density at radius 2 is 1.19 bits per heavy atom. The van der Waals surface area contributed by atoms with Crippen molar-refractivity contribution in [1.29, 1.82) is 0 Å².